The molecule has 0 aromatic heterocycles. The summed E-state index contributed by atoms with van der Waals surface area (Å²) in [4.78, 5) is 0. The molecule has 0 unspecified atom stereocenters. The van der Waals surface area contributed by atoms with Crippen LogP contribution in [0.25, 0.3) is 0 Å². The molecular weight excluding hydrogens is 261 g/mol. The van der Waals surface area contributed by atoms with Gasteiger partial charge in [-0.2, -0.15) is 0 Å². The van der Waals surface area contributed by atoms with Crippen LogP contribution in [0.5, 0.6) is 0 Å². The van der Waals surface area contributed by atoms with E-state index in [-0.39, 0.29) is 0 Å². The molecule has 0 fully saturated rings. The largest absolute Gasteiger partial charge is 0.308 e. The topological polar surface area (TPSA) is 12.0 Å². The molecule has 1 aromatic carbocycles. The van der Waals surface area contributed by atoms with Crippen molar-refractivity contribution in [2.24, 2.45) is 0 Å². The monoisotopic (exact) mass is 273 g/mol. The molecule has 76 valence electrons. The summed E-state index contributed by atoms with van der Waals surface area (Å²) in [6.45, 7) is 7.33. The van der Waals surface area contributed by atoms with Crippen LogP contribution in [0.4, 0.5) is 0 Å². The average molecular weight is 275 g/mol. The van der Waals surface area contributed by atoms with E-state index in [0.717, 1.165) is 28.2 Å². The van der Waals surface area contributed by atoms with Gasteiger partial charge < -0.3 is 5.32 Å². The number of hydrogen-bond donors (Lipinski definition) is 1. The molecule has 0 heterocycles. The van der Waals surface area contributed by atoms with E-state index >= 15 is 0 Å². The predicted molar refractivity (Wildman–Crippen MR) is 66.0 cm³/mol. The molecule has 0 spiro atoms. The van der Waals surface area contributed by atoms with Crippen molar-refractivity contribution in [3.05, 3.63) is 45.4 Å². The van der Waals surface area contributed by atoms with Crippen LogP contribution >= 0.6 is 27.5 Å². The summed E-state index contributed by atoms with van der Waals surface area (Å²) in [5.74, 6) is 0. The first-order valence-electron chi connectivity index (χ1n) is 4.38. The lowest BCUT2D eigenvalue weighted by Crippen LogP contribution is -2.14. The Morgan fingerprint density at radius 3 is 2.86 bits per heavy atom. The van der Waals surface area contributed by atoms with Crippen molar-refractivity contribution in [1.82, 2.24) is 5.32 Å². The van der Waals surface area contributed by atoms with E-state index < -0.39 is 0 Å². The van der Waals surface area contributed by atoms with Crippen LogP contribution in [0.2, 0.25) is 5.02 Å². The molecule has 1 rings (SSSR count). The van der Waals surface area contributed by atoms with Gasteiger partial charge in [0.25, 0.3) is 0 Å². The third kappa shape index (κ3) is 3.82. The standard InChI is InChI=1S/C11H13BrClN/c1-8-3-4-10(5-11(8)13)7-14-6-9(2)12/h3-5,14H,2,6-7H2,1H3. The molecule has 3 heteroatoms. The smallest absolute Gasteiger partial charge is 0.0438 e. The Morgan fingerprint density at radius 2 is 2.29 bits per heavy atom. The van der Waals surface area contributed by atoms with Gasteiger partial charge in [0.15, 0.2) is 0 Å². The van der Waals surface area contributed by atoms with Gasteiger partial charge in [-0.3, -0.25) is 0 Å². The average Bonchev–Trinajstić information content (AvgIpc) is 2.10. The molecule has 0 aliphatic heterocycles. The zero-order valence-corrected chi connectivity index (χ0v) is 10.5. The third-order valence-corrected chi connectivity index (χ3v) is 2.57. The molecule has 0 saturated heterocycles. The fourth-order valence-corrected chi connectivity index (χ4v) is 1.49. The first kappa shape index (κ1) is 11.8. The molecule has 0 saturated carbocycles. The highest BCUT2D eigenvalue weighted by atomic mass is 79.9. The minimum Gasteiger partial charge on any atom is -0.308 e. The summed E-state index contributed by atoms with van der Waals surface area (Å²) in [5, 5.41) is 4.06. The maximum Gasteiger partial charge on any atom is 0.0438 e. The van der Waals surface area contributed by atoms with Crippen LogP contribution < -0.4 is 5.32 Å². The van der Waals surface area contributed by atoms with Crippen molar-refractivity contribution in [2.45, 2.75) is 13.5 Å². The van der Waals surface area contributed by atoms with Crippen molar-refractivity contribution >= 4 is 27.5 Å². The summed E-state index contributed by atoms with van der Waals surface area (Å²) >= 11 is 9.29. The number of hydrogen-bond acceptors (Lipinski definition) is 1. The predicted octanol–water partition coefficient (Wildman–Crippen LogP) is 3.65. The second-order valence-corrected chi connectivity index (χ2v) is 4.73. The molecule has 0 radical (unpaired) electrons. The number of halogens is 2. The van der Waals surface area contributed by atoms with E-state index in [1.165, 1.54) is 5.56 Å². The molecule has 14 heavy (non-hydrogen) atoms. The summed E-state index contributed by atoms with van der Waals surface area (Å²) < 4.78 is 0.954. The second-order valence-electron chi connectivity index (χ2n) is 3.20. The summed E-state index contributed by atoms with van der Waals surface area (Å²) in [7, 11) is 0. The molecular formula is C11H13BrClN. The van der Waals surface area contributed by atoms with Gasteiger partial charge in [-0.1, -0.05) is 46.2 Å². The zero-order chi connectivity index (χ0) is 10.6. The van der Waals surface area contributed by atoms with Crippen LogP contribution in [-0.4, -0.2) is 6.54 Å². The number of aryl methyl sites for hydroxylation is 1. The first-order valence-corrected chi connectivity index (χ1v) is 5.55. The van der Waals surface area contributed by atoms with E-state index in [4.69, 9.17) is 11.6 Å². The van der Waals surface area contributed by atoms with Crippen LogP contribution in [0.1, 0.15) is 11.1 Å². The SMILES string of the molecule is C=C(Br)CNCc1ccc(C)c(Cl)c1. The minimum absolute atomic E-state index is 0.769. The maximum atomic E-state index is 6.00. The maximum absolute atomic E-state index is 6.00. The molecule has 1 aromatic rings. The van der Waals surface area contributed by atoms with Crippen LogP contribution in [0.15, 0.2) is 29.3 Å². The van der Waals surface area contributed by atoms with E-state index in [2.05, 4.69) is 33.9 Å². The fourth-order valence-electron chi connectivity index (χ4n) is 1.09. The Hall–Kier alpha value is -0.310. The fraction of sp³-hybridized carbons (Fsp3) is 0.273. The molecule has 1 nitrogen and oxygen atoms in total. The molecule has 0 atom stereocenters. The van der Waals surface area contributed by atoms with E-state index in [1.54, 1.807) is 0 Å². The summed E-state index contributed by atoms with van der Waals surface area (Å²) in [6, 6.07) is 6.09. The van der Waals surface area contributed by atoms with Gasteiger partial charge in [-0.15, -0.1) is 0 Å². The normalized spacial score (nSPS) is 10.2. The van der Waals surface area contributed by atoms with Gasteiger partial charge in [0.1, 0.15) is 0 Å². The van der Waals surface area contributed by atoms with Crippen molar-refractivity contribution in [1.29, 1.82) is 0 Å². The Morgan fingerprint density at radius 1 is 1.57 bits per heavy atom. The Labute approximate surface area is 98.3 Å². The van der Waals surface area contributed by atoms with Gasteiger partial charge in [-0.05, 0) is 24.1 Å². The number of rotatable bonds is 4. The second kappa shape index (κ2) is 5.54. The van der Waals surface area contributed by atoms with Crippen molar-refractivity contribution in [3.8, 4) is 0 Å². The van der Waals surface area contributed by atoms with Gasteiger partial charge >= 0.3 is 0 Å². The Bertz CT molecular complexity index is 336. The van der Waals surface area contributed by atoms with Crippen LogP contribution in [-0.2, 0) is 6.54 Å². The Kier molecular flexibility index (Phi) is 4.66. The number of benzene rings is 1. The van der Waals surface area contributed by atoms with Gasteiger partial charge in [0, 0.05) is 22.6 Å². The third-order valence-electron chi connectivity index (χ3n) is 1.88. The lowest BCUT2D eigenvalue weighted by Gasteiger charge is -2.05. The van der Waals surface area contributed by atoms with E-state index in [0.29, 0.717) is 0 Å². The lowest BCUT2D eigenvalue weighted by molar-refractivity contribution is 0.757. The van der Waals surface area contributed by atoms with E-state index in [9.17, 15) is 0 Å². The highest BCUT2D eigenvalue weighted by Gasteiger charge is 1.97. The quantitative estimate of drug-likeness (QED) is 0.884. The van der Waals surface area contributed by atoms with Gasteiger partial charge in [-0.25, -0.2) is 0 Å². The number of nitrogens with one attached hydrogen (secondary N) is 1. The molecule has 1 N–H and O–H groups in total. The van der Waals surface area contributed by atoms with Crippen molar-refractivity contribution < 1.29 is 0 Å². The summed E-state index contributed by atoms with van der Waals surface area (Å²) in [5.41, 5.74) is 2.30. The molecule has 0 aliphatic carbocycles. The van der Waals surface area contributed by atoms with Gasteiger partial charge in [0.05, 0.1) is 0 Å². The Balaban J connectivity index is 2.51. The summed E-state index contributed by atoms with van der Waals surface area (Å²) in [6.07, 6.45) is 0. The van der Waals surface area contributed by atoms with Crippen molar-refractivity contribution in [2.75, 3.05) is 6.54 Å². The highest BCUT2D eigenvalue weighted by Crippen LogP contribution is 2.16. The molecule has 0 bridgehead atoms. The molecule has 0 amide bonds. The first-order chi connectivity index (χ1) is 6.59. The zero-order valence-electron chi connectivity index (χ0n) is 8.11. The van der Waals surface area contributed by atoms with Crippen LogP contribution in [0, 0.1) is 6.92 Å². The highest BCUT2D eigenvalue weighted by molar-refractivity contribution is 9.11. The lowest BCUT2D eigenvalue weighted by atomic mass is 10.1. The molecule has 0 aliphatic rings. The van der Waals surface area contributed by atoms with Gasteiger partial charge in [0.2, 0.25) is 0 Å². The minimum atomic E-state index is 0.769. The van der Waals surface area contributed by atoms with Crippen LogP contribution in [0.3, 0.4) is 0 Å². The van der Waals surface area contributed by atoms with E-state index in [1.807, 2.05) is 19.1 Å². The van der Waals surface area contributed by atoms with Crippen molar-refractivity contribution in [3.63, 3.8) is 0 Å².